The minimum absolute atomic E-state index is 0.335. The van der Waals surface area contributed by atoms with Gasteiger partial charge in [-0.25, -0.2) is 4.98 Å². The van der Waals surface area contributed by atoms with Crippen LogP contribution in [0.25, 0.3) is 6.08 Å². The average Bonchev–Trinajstić information content (AvgIpc) is 2.17. The van der Waals surface area contributed by atoms with Crippen molar-refractivity contribution in [3.05, 3.63) is 34.6 Å². The molecule has 1 aliphatic rings. The van der Waals surface area contributed by atoms with Crippen LogP contribution >= 0.6 is 11.6 Å². The summed E-state index contributed by atoms with van der Waals surface area (Å²) < 4.78 is 21.8. The molecule has 0 aliphatic heterocycles. The molecule has 0 spiro atoms. The van der Waals surface area contributed by atoms with Crippen LogP contribution in [0, 0.1) is 0 Å². The van der Waals surface area contributed by atoms with Gasteiger partial charge < -0.3 is 0 Å². The third-order valence-electron chi connectivity index (χ3n) is 2.03. The molecule has 0 bridgehead atoms. The first-order chi connectivity index (χ1) is 6.70. The lowest BCUT2D eigenvalue weighted by Crippen LogP contribution is -2.07. The molecule has 0 N–H and O–H groups in total. The molecule has 5 heteroatoms. The number of fused-ring (bicyclic) bond motifs is 1. The Morgan fingerprint density at radius 3 is 2.93 bits per heavy atom. The van der Waals surface area contributed by atoms with Crippen molar-refractivity contribution < 1.29 is 8.42 Å². The second-order valence-corrected chi connectivity index (χ2v) is 4.15. The van der Waals surface area contributed by atoms with E-state index in [9.17, 15) is 8.42 Å². The Balaban J connectivity index is 2.82. The minimum atomic E-state index is -2.19. The van der Waals surface area contributed by atoms with E-state index >= 15 is 0 Å². The number of hydrogen-bond donors (Lipinski definition) is 0. The third kappa shape index (κ3) is 1.47. The van der Waals surface area contributed by atoms with Crippen LogP contribution in [0.5, 0.6) is 0 Å². The van der Waals surface area contributed by atoms with Gasteiger partial charge in [-0.05, 0) is 6.07 Å². The highest BCUT2D eigenvalue weighted by atomic mass is 35.5. The summed E-state index contributed by atoms with van der Waals surface area (Å²) in [4.78, 5) is 4.25. The molecule has 0 unspecified atom stereocenters. The summed E-state index contributed by atoms with van der Waals surface area (Å²) in [5.41, 5.74) is 1.33. The molecule has 0 aromatic carbocycles. The molecule has 1 aromatic heterocycles. The first-order valence-corrected chi connectivity index (χ1v) is 5.42. The lowest BCUT2D eigenvalue weighted by Gasteiger charge is -2.10. The number of hydrogen-bond acceptors (Lipinski definition) is 3. The number of halogens is 1. The molecule has 72 valence electrons. The highest BCUT2D eigenvalue weighted by molar-refractivity contribution is 7.73. The van der Waals surface area contributed by atoms with Crippen LogP contribution in [0.3, 0.4) is 0 Å². The summed E-state index contributed by atoms with van der Waals surface area (Å²) >= 11 is 5.84. The molecule has 1 heterocycles. The van der Waals surface area contributed by atoms with Gasteiger partial charge in [-0.3, -0.25) is 0 Å². The van der Waals surface area contributed by atoms with Crippen molar-refractivity contribution in [2.45, 2.75) is 6.42 Å². The van der Waals surface area contributed by atoms with E-state index in [-0.39, 0.29) is 0 Å². The zero-order valence-corrected chi connectivity index (χ0v) is 8.64. The number of allylic oxidation sites excluding steroid dienone is 1. The van der Waals surface area contributed by atoms with Gasteiger partial charge in [0.15, 0.2) is 0 Å². The van der Waals surface area contributed by atoms with Crippen molar-refractivity contribution in [1.82, 2.24) is 4.98 Å². The van der Waals surface area contributed by atoms with Crippen LogP contribution < -0.4 is 0 Å². The van der Waals surface area contributed by atoms with Crippen molar-refractivity contribution in [2.24, 2.45) is 0 Å². The molecular weight excluding hydrogens is 222 g/mol. The fraction of sp³-hybridized carbons (Fsp3) is 0.111. The van der Waals surface area contributed by atoms with Crippen molar-refractivity contribution in [3.8, 4) is 0 Å². The Kier molecular flexibility index (Phi) is 2.39. The molecular formula is C9H6ClNO2S. The van der Waals surface area contributed by atoms with Crippen LogP contribution in [-0.4, -0.2) is 18.3 Å². The highest BCUT2D eigenvalue weighted by Crippen LogP contribution is 2.24. The normalized spacial score (nSPS) is 13.9. The van der Waals surface area contributed by atoms with Crippen molar-refractivity contribution >= 4 is 32.8 Å². The standard InChI is InChI=1S/C9H6ClNO2S/c10-9-7-2-1-3-8(14(12)13)6(7)4-5-11-9/h1-2,4-5H,3H2. The molecule has 14 heavy (non-hydrogen) atoms. The van der Waals surface area contributed by atoms with E-state index in [0.29, 0.717) is 27.6 Å². The smallest absolute Gasteiger partial charge is 0.218 e. The number of pyridine rings is 1. The maximum Gasteiger partial charge on any atom is 0.218 e. The Morgan fingerprint density at radius 2 is 2.21 bits per heavy atom. The SMILES string of the molecule is O=S(=O)=C1CC=Cc2c1ccnc2Cl. The van der Waals surface area contributed by atoms with E-state index in [1.165, 1.54) is 6.20 Å². The molecule has 0 amide bonds. The molecule has 0 radical (unpaired) electrons. The van der Waals surface area contributed by atoms with Gasteiger partial charge in [-0.15, -0.1) is 0 Å². The van der Waals surface area contributed by atoms with E-state index in [4.69, 9.17) is 11.6 Å². The van der Waals surface area contributed by atoms with Crippen LogP contribution in [0.15, 0.2) is 18.3 Å². The van der Waals surface area contributed by atoms with Gasteiger partial charge in [0.2, 0.25) is 10.3 Å². The van der Waals surface area contributed by atoms with Crippen LogP contribution in [0.4, 0.5) is 0 Å². The second-order valence-electron chi connectivity index (χ2n) is 2.83. The summed E-state index contributed by atoms with van der Waals surface area (Å²) in [6.07, 6.45) is 5.48. The fourth-order valence-corrected chi connectivity index (χ4v) is 2.21. The molecule has 2 rings (SSSR count). The maximum atomic E-state index is 10.9. The quantitative estimate of drug-likeness (QED) is 0.499. The minimum Gasteiger partial charge on any atom is -0.244 e. The molecule has 0 atom stereocenters. The summed E-state index contributed by atoms with van der Waals surface area (Å²) in [5.74, 6) is 0. The highest BCUT2D eigenvalue weighted by Gasteiger charge is 2.15. The Hall–Kier alpha value is -1.13. The summed E-state index contributed by atoms with van der Waals surface area (Å²) in [7, 11) is -2.19. The predicted molar refractivity (Wildman–Crippen MR) is 55.9 cm³/mol. The van der Waals surface area contributed by atoms with Gasteiger partial charge >= 0.3 is 0 Å². The van der Waals surface area contributed by atoms with Gasteiger partial charge in [0.1, 0.15) is 5.15 Å². The average molecular weight is 228 g/mol. The summed E-state index contributed by atoms with van der Waals surface area (Å²) in [6, 6.07) is 1.66. The van der Waals surface area contributed by atoms with Crippen LogP contribution in [0.1, 0.15) is 17.5 Å². The van der Waals surface area contributed by atoms with Gasteiger partial charge in [-0.2, -0.15) is 8.42 Å². The first-order valence-electron chi connectivity index (χ1n) is 3.96. The monoisotopic (exact) mass is 227 g/mol. The zero-order chi connectivity index (χ0) is 10.1. The lowest BCUT2D eigenvalue weighted by molar-refractivity contribution is 0.627. The van der Waals surface area contributed by atoms with Crippen molar-refractivity contribution in [1.29, 1.82) is 0 Å². The van der Waals surface area contributed by atoms with Gasteiger partial charge in [0, 0.05) is 23.7 Å². The number of aromatic nitrogens is 1. The molecule has 3 nitrogen and oxygen atoms in total. The van der Waals surface area contributed by atoms with Gasteiger partial charge in [0.25, 0.3) is 0 Å². The molecule has 1 aromatic rings. The Morgan fingerprint density at radius 1 is 1.43 bits per heavy atom. The van der Waals surface area contributed by atoms with Crippen molar-refractivity contribution in [3.63, 3.8) is 0 Å². The second kappa shape index (κ2) is 3.55. The lowest BCUT2D eigenvalue weighted by atomic mass is 10.00. The fourth-order valence-electron chi connectivity index (χ4n) is 1.40. The van der Waals surface area contributed by atoms with Crippen LogP contribution in [-0.2, 0) is 10.3 Å². The Bertz CT molecular complexity index is 538. The summed E-state index contributed by atoms with van der Waals surface area (Å²) in [6.45, 7) is 0. The van der Waals surface area contributed by atoms with Crippen molar-refractivity contribution in [2.75, 3.05) is 0 Å². The van der Waals surface area contributed by atoms with E-state index in [2.05, 4.69) is 4.98 Å². The topological polar surface area (TPSA) is 47.0 Å². The van der Waals surface area contributed by atoms with E-state index in [1.807, 2.05) is 0 Å². The predicted octanol–water partition coefficient (Wildman–Crippen LogP) is 1.55. The van der Waals surface area contributed by atoms with Crippen LogP contribution in [0.2, 0.25) is 5.15 Å². The van der Waals surface area contributed by atoms with Gasteiger partial charge in [0.05, 0.1) is 4.86 Å². The van der Waals surface area contributed by atoms with Gasteiger partial charge in [-0.1, -0.05) is 23.8 Å². The largest absolute Gasteiger partial charge is 0.244 e. The summed E-state index contributed by atoms with van der Waals surface area (Å²) in [5, 5.41) is 0.335. The van der Waals surface area contributed by atoms with E-state index < -0.39 is 10.3 Å². The first kappa shape index (κ1) is 9.43. The molecule has 0 saturated carbocycles. The number of rotatable bonds is 0. The molecule has 0 fully saturated rings. The molecule has 0 saturated heterocycles. The zero-order valence-electron chi connectivity index (χ0n) is 7.07. The Labute approximate surface area is 87.6 Å². The third-order valence-corrected chi connectivity index (χ3v) is 3.12. The van der Waals surface area contributed by atoms with E-state index in [0.717, 1.165) is 0 Å². The number of nitrogens with zero attached hydrogens (tertiary/aromatic N) is 1. The maximum absolute atomic E-state index is 10.9. The molecule has 1 aliphatic carbocycles. The van der Waals surface area contributed by atoms with E-state index in [1.54, 1.807) is 18.2 Å².